The largest absolute Gasteiger partial charge is 0.323 e. The number of benzene rings is 2. The van der Waals surface area contributed by atoms with E-state index in [4.69, 9.17) is 0 Å². The van der Waals surface area contributed by atoms with E-state index in [0.717, 1.165) is 16.8 Å². The molecule has 2 rings (SSSR count). The van der Waals surface area contributed by atoms with Crippen molar-refractivity contribution in [2.45, 2.75) is 46.5 Å². The van der Waals surface area contributed by atoms with E-state index in [2.05, 4.69) is 39.1 Å². The molecule has 146 valence electrons. The van der Waals surface area contributed by atoms with Crippen LogP contribution in [0.4, 0.5) is 11.4 Å². The Labute approximate surface area is 167 Å². The molecule has 0 heterocycles. The van der Waals surface area contributed by atoms with E-state index in [1.807, 2.05) is 18.2 Å². The van der Waals surface area contributed by atoms with Crippen molar-refractivity contribution in [2.24, 2.45) is 0 Å². The van der Waals surface area contributed by atoms with Crippen molar-refractivity contribution in [2.75, 3.05) is 16.8 Å². The quantitative estimate of drug-likeness (QED) is 0.786. The van der Waals surface area contributed by atoms with Crippen LogP contribution in [-0.4, -0.2) is 18.4 Å². The maximum Gasteiger partial charge on any atom is 0.244 e. The summed E-state index contributed by atoms with van der Waals surface area (Å²) in [5, 5.41) is 12.0. The van der Waals surface area contributed by atoms with Crippen LogP contribution in [0.15, 0.2) is 42.5 Å². The van der Waals surface area contributed by atoms with Gasteiger partial charge >= 0.3 is 0 Å². The number of hydrogen-bond donors (Lipinski definition) is 1. The Morgan fingerprint density at radius 3 is 2.07 bits per heavy atom. The number of rotatable bonds is 6. The summed E-state index contributed by atoms with van der Waals surface area (Å²) in [5.74, 6) is -0.124. The number of para-hydroxylation sites is 2. The van der Waals surface area contributed by atoms with Crippen LogP contribution in [0.5, 0.6) is 0 Å². The van der Waals surface area contributed by atoms with Crippen molar-refractivity contribution in [1.29, 1.82) is 5.26 Å². The average Bonchev–Trinajstić information content (AvgIpc) is 2.65. The molecule has 0 saturated heterocycles. The number of amides is 2. The molecule has 0 fully saturated rings. The van der Waals surface area contributed by atoms with Crippen LogP contribution in [-0.2, 0) is 9.59 Å². The Morgan fingerprint density at radius 2 is 1.57 bits per heavy atom. The highest BCUT2D eigenvalue weighted by Crippen LogP contribution is 2.35. The number of nitriles is 1. The molecular weight excluding hydrogens is 350 g/mol. The molecular formula is C23H27N3O2. The molecule has 0 aliphatic heterocycles. The second-order valence-corrected chi connectivity index (χ2v) is 7.41. The summed E-state index contributed by atoms with van der Waals surface area (Å²) >= 11 is 0. The van der Waals surface area contributed by atoms with Gasteiger partial charge in [-0.3, -0.25) is 9.59 Å². The zero-order chi connectivity index (χ0) is 20.8. The molecule has 0 radical (unpaired) electrons. The summed E-state index contributed by atoms with van der Waals surface area (Å²) in [5.41, 5.74) is 3.71. The first-order valence-corrected chi connectivity index (χ1v) is 9.46. The number of carbonyl (C=O) groups excluding carboxylic acids is 2. The molecule has 5 nitrogen and oxygen atoms in total. The SMILES string of the molecule is CC(=O)N(CC(=O)Nc1ccccc1C#N)c1c(C(C)C)cccc1C(C)C. The van der Waals surface area contributed by atoms with Gasteiger partial charge in [-0.2, -0.15) is 5.26 Å². The second-order valence-electron chi connectivity index (χ2n) is 7.41. The highest BCUT2D eigenvalue weighted by molar-refractivity contribution is 6.03. The molecule has 0 saturated carbocycles. The fourth-order valence-electron chi connectivity index (χ4n) is 3.19. The number of nitrogens with one attached hydrogen (secondary N) is 1. The highest BCUT2D eigenvalue weighted by atomic mass is 16.2. The lowest BCUT2D eigenvalue weighted by Gasteiger charge is -2.29. The van der Waals surface area contributed by atoms with Gasteiger partial charge in [-0.25, -0.2) is 0 Å². The third-order valence-electron chi connectivity index (χ3n) is 4.62. The minimum atomic E-state index is -0.342. The number of anilines is 2. The smallest absolute Gasteiger partial charge is 0.244 e. The van der Waals surface area contributed by atoms with Crippen molar-refractivity contribution in [3.8, 4) is 6.07 Å². The number of nitrogens with zero attached hydrogens (tertiary/aromatic N) is 2. The van der Waals surface area contributed by atoms with E-state index in [1.165, 1.54) is 11.8 Å². The van der Waals surface area contributed by atoms with Gasteiger partial charge in [0.2, 0.25) is 11.8 Å². The van der Waals surface area contributed by atoms with Crippen LogP contribution in [0, 0.1) is 11.3 Å². The molecule has 0 unspecified atom stereocenters. The average molecular weight is 377 g/mol. The summed E-state index contributed by atoms with van der Waals surface area (Å²) < 4.78 is 0. The van der Waals surface area contributed by atoms with E-state index in [0.29, 0.717) is 11.3 Å². The molecule has 2 aromatic rings. The fraction of sp³-hybridized carbons (Fsp3) is 0.348. The van der Waals surface area contributed by atoms with Gasteiger partial charge in [-0.15, -0.1) is 0 Å². The third kappa shape index (κ3) is 4.77. The summed E-state index contributed by atoms with van der Waals surface area (Å²) in [6.07, 6.45) is 0. The van der Waals surface area contributed by atoms with Crippen LogP contribution in [0.1, 0.15) is 63.1 Å². The molecule has 2 amide bonds. The van der Waals surface area contributed by atoms with Gasteiger partial charge in [0.15, 0.2) is 0 Å². The summed E-state index contributed by atoms with van der Waals surface area (Å²) in [6.45, 7) is 9.65. The minimum absolute atomic E-state index is 0.113. The van der Waals surface area contributed by atoms with Gasteiger partial charge in [0.25, 0.3) is 0 Å². The zero-order valence-electron chi connectivity index (χ0n) is 17.1. The van der Waals surface area contributed by atoms with E-state index in [9.17, 15) is 14.9 Å². The van der Waals surface area contributed by atoms with Gasteiger partial charge in [0.1, 0.15) is 12.6 Å². The summed E-state index contributed by atoms with van der Waals surface area (Å²) in [7, 11) is 0. The number of carbonyl (C=O) groups is 2. The normalized spacial score (nSPS) is 10.6. The van der Waals surface area contributed by atoms with Crippen molar-refractivity contribution in [3.63, 3.8) is 0 Å². The molecule has 0 spiro atoms. The van der Waals surface area contributed by atoms with Crippen LogP contribution in [0.2, 0.25) is 0 Å². The Hall–Kier alpha value is -3.13. The van der Waals surface area contributed by atoms with Crippen LogP contribution in [0.3, 0.4) is 0 Å². The van der Waals surface area contributed by atoms with E-state index in [-0.39, 0.29) is 30.2 Å². The lowest BCUT2D eigenvalue weighted by atomic mass is 9.91. The Kier molecular flexibility index (Phi) is 6.94. The number of hydrogen-bond acceptors (Lipinski definition) is 3. The monoisotopic (exact) mass is 377 g/mol. The standard InChI is InChI=1S/C23H27N3O2/c1-15(2)19-10-8-11-20(16(3)4)23(19)26(17(5)27)14-22(28)25-21-12-7-6-9-18(21)13-24/h6-12,15-16H,14H2,1-5H3,(H,25,28). The van der Waals surface area contributed by atoms with E-state index in [1.54, 1.807) is 24.3 Å². The van der Waals surface area contributed by atoms with Crippen LogP contribution < -0.4 is 10.2 Å². The molecule has 0 aliphatic carbocycles. The first kappa shape index (κ1) is 21.2. The molecule has 0 aromatic heterocycles. The third-order valence-corrected chi connectivity index (χ3v) is 4.62. The van der Waals surface area contributed by atoms with Crippen molar-refractivity contribution in [3.05, 3.63) is 59.2 Å². The molecule has 2 aromatic carbocycles. The second kappa shape index (κ2) is 9.18. The molecule has 0 atom stereocenters. The Balaban J connectivity index is 2.41. The molecule has 5 heteroatoms. The maximum absolute atomic E-state index is 12.7. The molecule has 0 bridgehead atoms. The fourth-order valence-corrected chi connectivity index (χ4v) is 3.19. The molecule has 1 N–H and O–H groups in total. The Morgan fingerprint density at radius 1 is 1.00 bits per heavy atom. The summed E-state index contributed by atoms with van der Waals surface area (Å²) in [4.78, 5) is 26.8. The van der Waals surface area contributed by atoms with Gasteiger partial charge in [0, 0.05) is 6.92 Å². The minimum Gasteiger partial charge on any atom is -0.323 e. The van der Waals surface area contributed by atoms with E-state index >= 15 is 0 Å². The van der Waals surface area contributed by atoms with Gasteiger partial charge in [-0.05, 0) is 35.1 Å². The van der Waals surface area contributed by atoms with Crippen molar-refractivity contribution < 1.29 is 9.59 Å². The van der Waals surface area contributed by atoms with Crippen molar-refractivity contribution in [1.82, 2.24) is 0 Å². The maximum atomic E-state index is 12.7. The summed E-state index contributed by atoms with van der Waals surface area (Å²) in [6, 6.07) is 14.9. The zero-order valence-corrected chi connectivity index (χ0v) is 17.1. The topological polar surface area (TPSA) is 73.2 Å². The predicted molar refractivity (Wildman–Crippen MR) is 112 cm³/mol. The lowest BCUT2D eigenvalue weighted by Crippen LogP contribution is -2.38. The highest BCUT2D eigenvalue weighted by Gasteiger charge is 2.24. The van der Waals surface area contributed by atoms with Crippen LogP contribution >= 0.6 is 0 Å². The van der Waals surface area contributed by atoms with Crippen molar-refractivity contribution >= 4 is 23.2 Å². The molecule has 0 aliphatic rings. The first-order chi connectivity index (χ1) is 13.3. The molecule has 28 heavy (non-hydrogen) atoms. The first-order valence-electron chi connectivity index (χ1n) is 9.46. The lowest BCUT2D eigenvalue weighted by molar-refractivity contribution is -0.120. The van der Waals surface area contributed by atoms with E-state index < -0.39 is 0 Å². The Bertz CT molecular complexity index is 884. The van der Waals surface area contributed by atoms with Gasteiger partial charge in [-0.1, -0.05) is 58.0 Å². The van der Waals surface area contributed by atoms with Gasteiger partial charge in [0.05, 0.1) is 16.9 Å². The van der Waals surface area contributed by atoms with Crippen LogP contribution in [0.25, 0.3) is 0 Å². The predicted octanol–water partition coefficient (Wildman–Crippen LogP) is 4.80. The van der Waals surface area contributed by atoms with Gasteiger partial charge < -0.3 is 10.2 Å².